The van der Waals surface area contributed by atoms with E-state index in [1.165, 1.54) is 41.7 Å². The highest BCUT2D eigenvalue weighted by atomic mass is 32.2. The van der Waals surface area contributed by atoms with Gasteiger partial charge in [0.25, 0.3) is 0 Å². The molecule has 0 aromatic heterocycles. The van der Waals surface area contributed by atoms with Crippen molar-refractivity contribution in [1.82, 2.24) is 10.3 Å². The van der Waals surface area contributed by atoms with Gasteiger partial charge in [-0.25, -0.2) is 5.01 Å². The lowest BCUT2D eigenvalue weighted by Crippen LogP contribution is -2.25. The summed E-state index contributed by atoms with van der Waals surface area (Å²) in [6, 6.07) is 13.6. The van der Waals surface area contributed by atoms with Gasteiger partial charge in [0.2, 0.25) is 11.8 Å². The second-order valence-electron chi connectivity index (χ2n) is 7.29. The quantitative estimate of drug-likeness (QED) is 0.653. The summed E-state index contributed by atoms with van der Waals surface area (Å²) in [5.41, 5.74) is 3.36. The highest BCUT2D eigenvalue weighted by Crippen LogP contribution is 2.39. The van der Waals surface area contributed by atoms with E-state index in [0.717, 1.165) is 23.5 Å². The first-order valence-corrected chi connectivity index (χ1v) is 11.0. The average molecular weight is 442 g/mol. The number of nitrogens with zero attached hydrogens (tertiary/aromatic N) is 2. The van der Waals surface area contributed by atoms with Crippen molar-refractivity contribution in [3.8, 4) is 11.5 Å². The molecule has 1 aliphatic heterocycles. The molecular weight excluding hydrogens is 414 g/mol. The molecule has 3 rings (SSSR count). The van der Waals surface area contributed by atoms with E-state index >= 15 is 0 Å². The number of carbonyl (C=O) groups is 2. The standard InChI is InChI=1S/C23H27N3O4S/c1-15-6-9-21(14-16(15)2)30-13-5-12-29-20-10-7-19(8-11-20)22-26(18(4)28)25-23(31-22)24-17(3)27/h6-11,14,22H,5,12-13H2,1-4H3,(H,24,25,27). The predicted molar refractivity (Wildman–Crippen MR) is 122 cm³/mol. The molecule has 0 aliphatic carbocycles. The number of amidine groups is 1. The number of nitrogens with one attached hydrogen (secondary N) is 1. The first-order valence-electron chi connectivity index (χ1n) is 10.1. The van der Waals surface area contributed by atoms with Crippen LogP contribution < -0.4 is 14.8 Å². The van der Waals surface area contributed by atoms with E-state index in [9.17, 15) is 9.59 Å². The summed E-state index contributed by atoms with van der Waals surface area (Å²) in [4.78, 5) is 23.2. The third-order valence-corrected chi connectivity index (χ3v) is 5.82. The Hall–Kier alpha value is -3.00. The number of hydrazone groups is 1. The minimum atomic E-state index is -0.320. The van der Waals surface area contributed by atoms with Crippen LogP contribution in [0.3, 0.4) is 0 Å². The van der Waals surface area contributed by atoms with Crippen molar-refractivity contribution in [3.05, 3.63) is 59.2 Å². The molecule has 0 radical (unpaired) electrons. The van der Waals surface area contributed by atoms with Gasteiger partial charge in [0.05, 0.1) is 13.2 Å². The van der Waals surface area contributed by atoms with Gasteiger partial charge in [0.1, 0.15) is 16.9 Å². The largest absolute Gasteiger partial charge is 0.493 e. The second-order valence-corrected chi connectivity index (χ2v) is 8.35. The molecule has 0 saturated carbocycles. The summed E-state index contributed by atoms with van der Waals surface area (Å²) in [6.45, 7) is 8.13. The number of ether oxygens (including phenoxy) is 2. The van der Waals surface area contributed by atoms with Crippen molar-refractivity contribution in [2.75, 3.05) is 13.2 Å². The lowest BCUT2D eigenvalue weighted by atomic mass is 10.1. The molecule has 1 unspecified atom stereocenters. The Morgan fingerprint density at radius 1 is 1.00 bits per heavy atom. The molecule has 1 heterocycles. The van der Waals surface area contributed by atoms with Crippen LogP contribution in [0.15, 0.2) is 47.6 Å². The minimum Gasteiger partial charge on any atom is -0.493 e. The van der Waals surface area contributed by atoms with Crippen LogP contribution in [0.5, 0.6) is 11.5 Å². The third kappa shape index (κ3) is 6.24. The van der Waals surface area contributed by atoms with Crippen LogP contribution in [0.2, 0.25) is 0 Å². The van der Waals surface area contributed by atoms with E-state index in [-0.39, 0.29) is 17.2 Å². The zero-order valence-electron chi connectivity index (χ0n) is 18.2. The molecule has 0 spiro atoms. The maximum Gasteiger partial charge on any atom is 0.241 e. The number of thioether (sulfide) groups is 1. The zero-order valence-corrected chi connectivity index (χ0v) is 19.0. The fraction of sp³-hybridized carbons (Fsp3) is 0.348. The molecular formula is C23H27N3O4S. The van der Waals surface area contributed by atoms with Gasteiger partial charge >= 0.3 is 0 Å². The van der Waals surface area contributed by atoms with Crippen molar-refractivity contribution in [3.63, 3.8) is 0 Å². The first kappa shape index (κ1) is 22.7. The van der Waals surface area contributed by atoms with E-state index in [0.29, 0.717) is 18.4 Å². The Kier molecular flexibility index (Phi) is 7.57. The van der Waals surface area contributed by atoms with E-state index < -0.39 is 0 Å². The summed E-state index contributed by atoms with van der Waals surface area (Å²) in [5.74, 6) is 1.20. The molecule has 0 fully saturated rings. The van der Waals surface area contributed by atoms with Crippen LogP contribution in [0.4, 0.5) is 0 Å². The van der Waals surface area contributed by atoms with Gasteiger partial charge in [-0.05, 0) is 54.8 Å². The van der Waals surface area contributed by atoms with E-state index in [1.54, 1.807) is 0 Å². The molecule has 2 amide bonds. The Balaban J connectivity index is 1.48. The summed E-state index contributed by atoms with van der Waals surface area (Å²) >= 11 is 1.32. The molecule has 0 saturated heterocycles. The van der Waals surface area contributed by atoms with Crippen molar-refractivity contribution in [2.45, 2.75) is 39.5 Å². The van der Waals surface area contributed by atoms with Gasteiger partial charge in [0, 0.05) is 20.3 Å². The zero-order chi connectivity index (χ0) is 22.4. The number of hydrogen-bond acceptors (Lipinski definition) is 6. The van der Waals surface area contributed by atoms with Crippen molar-refractivity contribution < 1.29 is 19.1 Å². The van der Waals surface area contributed by atoms with Gasteiger partial charge in [0.15, 0.2) is 5.17 Å². The Bertz CT molecular complexity index is 975. The van der Waals surface area contributed by atoms with Gasteiger partial charge < -0.3 is 14.8 Å². The fourth-order valence-corrected chi connectivity index (χ4v) is 4.09. The molecule has 2 aromatic rings. The van der Waals surface area contributed by atoms with Crippen LogP contribution in [0, 0.1) is 13.8 Å². The smallest absolute Gasteiger partial charge is 0.241 e. The summed E-state index contributed by atoms with van der Waals surface area (Å²) in [6.07, 6.45) is 0.763. The number of hydrogen-bond donors (Lipinski definition) is 1. The van der Waals surface area contributed by atoms with Crippen molar-refractivity contribution in [1.29, 1.82) is 0 Å². The van der Waals surface area contributed by atoms with E-state index in [1.807, 2.05) is 36.4 Å². The number of aryl methyl sites for hydroxylation is 2. The maximum absolute atomic E-state index is 11.9. The van der Waals surface area contributed by atoms with Crippen LogP contribution in [-0.2, 0) is 9.59 Å². The Morgan fingerprint density at radius 3 is 2.26 bits per heavy atom. The molecule has 7 nitrogen and oxygen atoms in total. The number of benzene rings is 2. The Morgan fingerprint density at radius 2 is 1.65 bits per heavy atom. The lowest BCUT2D eigenvalue weighted by Gasteiger charge is -2.19. The van der Waals surface area contributed by atoms with Crippen molar-refractivity contribution in [2.24, 2.45) is 5.10 Å². The first-order chi connectivity index (χ1) is 14.8. The van der Waals surface area contributed by atoms with Crippen LogP contribution in [-0.4, -0.2) is 35.2 Å². The highest BCUT2D eigenvalue weighted by molar-refractivity contribution is 8.14. The fourth-order valence-electron chi connectivity index (χ4n) is 2.95. The van der Waals surface area contributed by atoms with Crippen molar-refractivity contribution >= 4 is 28.7 Å². The predicted octanol–water partition coefficient (Wildman–Crippen LogP) is 4.15. The lowest BCUT2D eigenvalue weighted by molar-refractivity contribution is -0.129. The second kappa shape index (κ2) is 10.3. The molecule has 1 aliphatic rings. The van der Waals surface area contributed by atoms with Gasteiger partial charge in [-0.1, -0.05) is 30.0 Å². The normalized spacial score (nSPS) is 15.4. The molecule has 1 atom stereocenters. The molecule has 2 aromatic carbocycles. The summed E-state index contributed by atoms with van der Waals surface area (Å²) in [7, 11) is 0. The topological polar surface area (TPSA) is 80.2 Å². The van der Waals surface area contributed by atoms with E-state index in [2.05, 4.69) is 30.3 Å². The third-order valence-electron chi connectivity index (χ3n) is 4.72. The Labute approximate surface area is 186 Å². The van der Waals surface area contributed by atoms with Gasteiger partial charge in [-0.2, -0.15) is 0 Å². The van der Waals surface area contributed by atoms with Crippen LogP contribution in [0.1, 0.15) is 42.3 Å². The van der Waals surface area contributed by atoms with E-state index in [4.69, 9.17) is 9.47 Å². The summed E-state index contributed by atoms with van der Waals surface area (Å²) in [5, 5.41) is 8.30. The number of amides is 2. The average Bonchev–Trinajstić information content (AvgIpc) is 3.14. The minimum absolute atomic E-state index is 0.193. The van der Waals surface area contributed by atoms with Gasteiger partial charge in [-0.15, -0.1) is 5.10 Å². The number of rotatable bonds is 7. The highest BCUT2D eigenvalue weighted by Gasteiger charge is 2.32. The summed E-state index contributed by atoms with van der Waals surface area (Å²) < 4.78 is 11.6. The molecule has 1 N–H and O–H groups in total. The molecule has 31 heavy (non-hydrogen) atoms. The molecule has 164 valence electrons. The SMILES string of the molecule is CC(=O)NC1=NN(C(C)=O)C(c2ccc(OCCCOc3ccc(C)c(C)c3)cc2)S1. The monoisotopic (exact) mass is 441 g/mol. The number of carbonyl (C=O) groups excluding carboxylic acids is 2. The molecule has 0 bridgehead atoms. The maximum atomic E-state index is 11.9. The van der Waals surface area contributed by atoms with Crippen LogP contribution >= 0.6 is 11.8 Å². The molecule has 8 heteroatoms. The van der Waals surface area contributed by atoms with Crippen LogP contribution in [0.25, 0.3) is 0 Å². The van der Waals surface area contributed by atoms with Gasteiger partial charge in [-0.3, -0.25) is 9.59 Å².